The molecule has 6 nitrogen and oxygen atoms in total. The van der Waals surface area contributed by atoms with E-state index in [1.54, 1.807) is 24.3 Å². The Kier molecular flexibility index (Phi) is 4.79. The van der Waals surface area contributed by atoms with Crippen molar-refractivity contribution < 1.29 is 23.9 Å². The lowest BCUT2D eigenvalue weighted by molar-refractivity contribution is -0.141. The predicted octanol–water partition coefficient (Wildman–Crippen LogP) is 2.72. The number of ether oxygens (including phenoxy) is 2. The Morgan fingerprint density at radius 3 is 2.40 bits per heavy atom. The molecule has 25 heavy (non-hydrogen) atoms. The number of esters is 2. The van der Waals surface area contributed by atoms with Crippen molar-refractivity contribution in [3.8, 4) is 0 Å². The van der Waals surface area contributed by atoms with Crippen LogP contribution in [-0.4, -0.2) is 25.0 Å². The molecule has 2 aromatic carbocycles. The quantitative estimate of drug-likeness (QED) is 0.866. The second-order valence-corrected chi connectivity index (χ2v) is 5.69. The van der Waals surface area contributed by atoms with Crippen LogP contribution in [0.1, 0.15) is 28.4 Å². The monoisotopic (exact) mass is 339 g/mol. The summed E-state index contributed by atoms with van der Waals surface area (Å²) in [7, 11) is 1.30. The molecule has 2 aromatic rings. The molecule has 1 amide bonds. The van der Waals surface area contributed by atoms with E-state index in [0.717, 1.165) is 5.56 Å². The van der Waals surface area contributed by atoms with Gasteiger partial charge in [0, 0.05) is 5.69 Å². The number of amides is 1. The van der Waals surface area contributed by atoms with E-state index in [1.165, 1.54) is 7.11 Å². The molecule has 1 aliphatic rings. The molecule has 6 heteroatoms. The third kappa shape index (κ3) is 3.68. The first-order valence-corrected chi connectivity index (χ1v) is 7.82. The summed E-state index contributed by atoms with van der Waals surface area (Å²) in [6, 6.07) is 15.5. The van der Waals surface area contributed by atoms with E-state index in [2.05, 4.69) is 10.1 Å². The number of anilines is 1. The molecule has 1 aliphatic heterocycles. The van der Waals surface area contributed by atoms with Crippen LogP contribution in [0.5, 0.6) is 0 Å². The van der Waals surface area contributed by atoms with Crippen LogP contribution in [-0.2, 0) is 19.1 Å². The predicted molar refractivity (Wildman–Crippen MR) is 89.8 cm³/mol. The average Bonchev–Trinajstić information content (AvgIpc) is 3.04. The topological polar surface area (TPSA) is 81.7 Å². The minimum atomic E-state index is -0.602. The van der Waals surface area contributed by atoms with Gasteiger partial charge in [-0.2, -0.15) is 0 Å². The van der Waals surface area contributed by atoms with Crippen molar-refractivity contribution in [3.05, 3.63) is 65.7 Å². The van der Waals surface area contributed by atoms with Gasteiger partial charge in [-0.3, -0.25) is 9.59 Å². The lowest BCUT2D eigenvalue weighted by atomic mass is 9.94. The van der Waals surface area contributed by atoms with Crippen molar-refractivity contribution in [2.75, 3.05) is 12.4 Å². The summed E-state index contributed by atoms with van der Waals surface area (Å²) in [5.74, 6) is -1.74. The average molecular weight is 339 g/mol. The van der Waals surface area contributed by atoms with Gasteiger partial charge in [0.15, 0.2) is 0 Å². The van der Waals surface area contributed by atoms with Crippen molar-refractivity contribution in [3.63, 3.8) is 0 Å². The van der Waals surface area contributed by atoms with Gasteiger partial charge in [-0.05, 0) is 29.8 Å². The maximum atomic E-state index is 12.6. The smallest absolute Gasteiger partial charge is 0.337 e. The highest BCUT2D eigenvalue weighted by Gasteiger charge is 2.40. The Bertz CT molecular complexity index is 785. The second-order valence-electron chi connectivity index (χ2n) is 5.69. The molecular weight excluding hydrogens is 322 g/mol. The summed E-state index contributed by atoms with van der Waals surface area (Å²) in [5, 5.41) is 2.77. The Hall–Kier alpha value is -3.15. The van der Waals surface area contributed by atoms with Gasteiger partial charge in [-0.1, -0.05) is 30.3 Å². The lowest BCUT2D eigenvalue weighted by Gasteiger charge is -2.17. The van der Waals surface area contributed by atoms with Gasteiger partial charge in [0.2, 0.25) is 5.91 Å². The fraction of sp³-hybridized carbons (Fsp3) is 0.211. The summed E-state index contributed by atoms with van der Waals surface area (Å²) in [4.78, 5) is 35.7. The van der Waals surface area contributed by atoms with E-state index in [1.807, 2.05) is 30.3 Å². The van der Waals surface area contributed by atoms with E-state index in [-0.39, 0.29) is 12.3 Å². The molecule has 0 aliphatic carbocycles. The third-order valence-corrected chi connectivity index (χ3v) is 4.05. The molecular formula is C19H17NO5. The van der Waals surface area contributed by atoms with Gasteiger partial charge < -0.3 is 14.8 Å². The van der Waals surface area contributed by atoms with Crippen LogP contribution in [0.25, 0.3) is 0 Å². The summed E-state index contributed by atoms with van der Waals surface area (Å²) >= 11 is 0. The molecule has 0 unspecified atom stereocenters. The number of methoxy groups -OCH3 is 1. The van der Waals surface area contributed by atoms with Gasteiger partial charge in [0.1, 0.15) is 6.10 Å². The molecule has 1 fully saturated rings. The zero-order valence-corrected chi connectivity index (χ0v) is 13.6. The van der Waals surface area contributed by atoms with E-state index < -0.39 is 24.0 Å². The highest BCUT2D eigenvalue weighted by molar-refractivity contribution is 5.97. The van der Waals surface area contributed by atoms with Gasteiger partial charge in [0.25, 0.3) is 0 Å². The second kappa shape index (κ2) is 7.17. The van der Waals surface area contributed by atoms with Crippen LogP contribution >= 0.6 is 0 Å². The maximum Gasteiger partial charge on any atom is 0.337 e. The molecule has 0 radical (unpaired) electrons. The highest BCUT2D eigenvalue weighted by Crippen LogP contribution is 2.36. The van der Waals surface area contributed by atoms with Crippen molar-refractivity contribution in [1.29, 1.82) is 0 Å². The van der Waals surface area contributed by atoms with Crippen molar-refractivity contribution in [2.45, 2.75) is 12.5 Å². The van der Waals surface area contributed by atoms with E-state index >= 15 is 0 Å². The van der Waals surface area contributed by atoms with Crippen LogP contribution in [0.4, 0.5) is 5.69 Å². The fourth-order valence-electron chi connectivity index (χ4n) is 2.77. The SMILES string of the molecule is COC(=O)c1ccc(NC(=O)[C@@H]2CC(=O)O[C@@H]2c2ccccc2)cc1. The highest BCUT2D eigenvalue weighted by atomic mass is 16.6. The Balaban J connectivity index is 1.73. The number of cyclic esters (lactones) is 1. The van der Waals surface area contributed by atoms with E-state index in [4.69, 9.17) is 4.74 Å². The Labute approximate surface area is 144 Å². The van der Waals surface area contributed by atoms with E-state index in [9.17, 15) is 14.4 Å². The maximum absolute atomic E-state index is 12.6. The first-order chi connectivity index (χ1) is 12.1. The molecule has 1 saturated heterocycles. The number of benzene rings is 2. The van der Waals surface area contributed by atoms with Crippen LogP contribution in [0.15, 0.2) is 54.6 Å². The molecule has 3 rings (SSSR count). The van der Waals surface area contributed by atoms with Crippen molar-refractivity contribution in [1.82, 2.24) is 0 Å². The zero-order chi connectivity index (χ0) is 17.8. The fourth-order valence-corrected chi connectivity index (χ4v) is 2.77. The normalized spacial score (nSPS) is 19.2. The minimum absolute atomic E-state index is 0.0334. The number of carbonyl (C=O) groups excluding carboxylic acids is 3. The molecule has 0 saturated carbocycles. The third-order valence-electron chi connectivity index (χ3n) is 4.05. The van der Waals surface area contributed by atoms with Crippen LogP contribution < -0.4 is 5.32 Å². The lowest BCUT2D eigenvalue weighted by Crippen LogP contribution is -2.25. The number of carbonyl (C=O) groups is 3. The van der Waals surface area contributed by atoms with Crippen molar-refractivity contribution in [2.24, 2.45) is 5.92 Å². The van der Waals surface area contributed by atoms with Crippen LogP contribution in [0, 0.1) is 5.92 Å². The molecule has 128 valence electrons. The largest absolute Gasteiger partial charge is 0.465 e. The summed E-state index contributed by atoms with van der Waals surface area (Å²) in [6.45, 7) is 0. The minimum Gasteiger partial charge on any atom is -0.465 e. The first kappa shape index (κ1) is 16.7. The van der Waals surface area contributed by atoms with Gasteiger partial charge >= 0.3 is 11.9 Å². The number of hydrogen-bond donors (Lipinski definition) is 1. The van der Waals surface area contributed by atoms with Gasteiger partial charge in [0.05, 0.1) is 25.0 Å². The molecule has 2 atom stereocenters. The Morgan fingerprint density at radius 2 is 1.76 bits per heavy atom. The molecule has 1 N–H and O–H groups in total. The molecule has 0 aromatic heterocycles. The molecule has 1 heterocycles. The van der Waals surface area contributed by atoms with Crippen molar-refractivity contribution >= 4 is 23.5 Å². The van der Waals surface area contributed by atoms with Gasteiger partial charge in [-0.15, -0.1) is 0 Å². The van der Waals surface area contributed by atoms with Gasteiger partial charge in [-0.25, -0.2) is 4.79 Å². The number of nitrogens with one attached hydrogen (secondary N) is 1. The summed E-state index contributed by atoms with van der Waals surface area (Å²) in [6.07, 6.45) is -0.561. The first-order valence-electron chi connectivity index (χ1n) is 7.82. The van der Waals surface area contributed by atoms with E-state index in [0.29, 0.717) is 11.3 Å². The van der Waals surface area contributed by atoms with Crippen LogP contribution in [0.3, 0.4) is 0 Å². The Morgan fingerprint density at radius 1 is 1.08 bits per heavy atom. The standard InChI is InChI=1S/C19H17NO5/c1-24-19(23)13-7-9-14(10-8-13)20-18(22)15-11-16(21)25-17(15)12-5-3-2-4-6-12/h2-10,15,17H,11H2,1H3,(H,20,22)/t15-,17-/m1/s1. The van der Waals surface area contributed by atoms with Crippen LogP contribution in [0.2, 0.25) is 0 Å². The molecule has 0 bridgehead atoms. The summed E-state index contributed by atoms with van der Waals surface area (Å²) in [5.41, 5.74) is 1.71. The zero-order valence-electron chi connectivity index (χ0n) is 13.6. The number of rotatable bonds is 4. The number of hydrogen-bond acceptors (Lipinski definition) is 5. The molecule has 0 spiro atoms. The summed E-state index contributed by atoms with van der Waals surface area (Å²) < 4.78 is 9.96.